The van der Waals surface area contributed by atoms with Crippen LogP contribution in [0, 0.1) is 6.92 Å². The molecule has 0 radical (unpaired) electrons. The molecule has 108 valence electrons. The minimum atomic E-state index is -0.155. The Bertz CT molecular complexity index is 818. The van der Waals surface area contributed by atoms with Crippen molar-refractivity contribution in [2.45, 2.75) is 20.3 Å². The van der Waals surface area contributed by atoms with Crippen LogP contribution in [-0.4, -0.2) is 20.4 Å². The summed E-state index contributed by atoms with van der Waals surface area (Å²) in [4.78, 5) is 21.1. The number of thiazole rings is 1. The number of nitrogens with zero attached hydrogens (tertiary/aromatic N) is 3. The number of nitrogens with one attached hydrogen (secondary N) is 1. The average molecular weight is 300 g/mol. The quantitative estimate of drug-likeness (QED) is 0.808. The largest absolute Gasteiger partial charge is 0.331 e. The number of rotatable bonds is 3. The molecule has 1 aromatic carbocycles. The summed E-state index contributed by atoms with van der Waals surface area (Å²) < 4.78 is 2.01. The molecule has 3 rings (SSSR count). The van der Waals surface area contributed by atoms with Crippen LogP contribution in [-0.2, 0) is 13.5 Å². The van der Waals surface area contributed by atoms with E-state index in [1.807, 2.05) is 49.0 Å². The average Bonchev–Trinajstić information content (AvgIpc) is 3.04. The molecule has 2 heterocycles. The number of amides is 1. The van der Waals surface area contributed by atoms with Crippen LogP contribution in [0.15, 0.2) is 23.6 Å². The van der Waals surface area contributed by atoms with Crippen LogP contribution in [0.4, 0.5) is 5.13 Å². The Morgan fingerprint density at radius 1 is 1.38 bits per heavy atom. The van der Waals surface area contributed by atoms with Gasteiger partial charge in [-0.2, -0.15) is 0 Å². The lowest BCUT2D eigenvalue weighted by Gasteiger charge is -2.02. The van der Waals surface area contributed by atoms with E-state index in [9.17, 15) is 4.79 Å². The fourth-order valence-electron chi connectivity index (χ4n) is 2.16. The molecule has 1 N–H and O–H groups in total. The third-order valence-electron chi connectivity index (χ3n) is 3.50. The topological polar surface area (TPSA) is 59.8 Å². The van der Waals surface area contributed by atoms with Crippen molar-refractivity contribution in [3.8, 4) is 0 Å². The van der Waals surface area contributed by atoms with Crippen molar-refractivity contribution in [1.29, 1.82) is 0 Å². The number of anilines is 1. The van der Waals surface area contributed by atoms with Crippen molar-refractivity contribution >= 4 is 33.4 Å². The second kappa shape index (κ2) is 5.29. The lowest BCUT2D eigenvalue weighted by molar-refractivity contribution is 0.102. The van der Waals surface area contributed by atoms with Gasteiger partial charge in [0.25, 0.3) is 5.91 Å². The molecule has 21 heavy (non-hydrogen) atoms. The van der Waals surface area contributed by atoms with Crippen LogP contribution >= 0.6 is 11.3 Å². The third-order valence-corrected chi connectivity index (χ3v) is 4.31. The molecule has 1 amide bonds. The molecule has 0 bridgehead atoms. The van der Waals surface area contributed by atoms with E-state index in [0.29, 0.717) is 10.7 Å². The number of fused-ring (bicyclic) bond motifs is 1. The summed E-state index contributed by atoms with van der Waals surface area (Å²) in [6.45, 7) is 3.99. The molecule has 0 fully saturated rings. The van der Waals surface area contributed by atoms with Crippen molar-refractivity contribution < 1.29 is 4.79 Å². The minimum Gasteiger partial charge on any atom is -0.331 e. The van der Waals surface area contributed by atoms with Crippen LogP contribution in [0.1, 0.15) is 28.8 Å². The van der Waals surface area contributed by atoms with Crippen LogP contribution in [0.25, 0.3) is 11.0 Å². The van der Waals surface area contributed by atoms with E-state index in [-0.39, 0.29) is 5.91 Å². The van der Waals surface area contributed by atoms with Gasteiger partial charge in [0.05, 0.1) is 16.7 Å². The fraction of sp³-hybridized carbons (Fsp3) is 0.267. The SMILES string of the molecule is CCc1csc(NC(=O)c2ccc3c(c2)nc(C)n3C)n1. The van der Waals surface area contributed by atoms with Gasteiger partial charge < -0.3 is 4.57 Å². The van der Waals surface area contributed by atoms with E-state index in [2.05, 4.69) is 15.3 Å². The Balaban J connectivity index is 1.87. The van der Waals surface area contributed by atoms with Gasteiger partial charge >= 0.3 is 0 Å². The van der Waals surface area contributed by atoms with Crippen molar-refractivity contribution in [3.63, 3.8) is 0 Å². The summed E-state index contributed by atoms with van der Waals surface area (Å²) in [5.74, 6) is 0.771. The summed E-state index contributed by atoms with van der Waals surface area (Å²) in [6, 6.07) is 5.54. The number of hydrogen-bond donors (Lipinski definition) is 1. The molecule has 0 aliphatic heterocycles. The van der Waals surface area contributed by atoms with Crippen LogP contribution in [0.2, 0.25) is 0 Å². The number of hydrogen-bond acceptors (Lipinski definition) is 4. The van der Waals surface area contributed by atoms with Gasteiger partial charge in [-0.25, -0.2) is 9.97 Å². The van der Waals surface area contributed by atoms with Crippen LogP contribution in [0.3, 0.4) is 0 Å². The number of aromatic nitrogens is 3. The van der Waals surface area contributed by atoms with E-state index in [1.165, 1.54) is 11.3 Å². The maximum Gasteiger partial charge on any atom is 0.257 e. The smallest absolute Gasteiger partial charge is 0.257 e. The van der Waals surface area contributed by atoms with Gasteiger partial charge in [-0.05, 0) is 31.5 Å². The zero-order valence-corrected chi connectivity index (χ0v) is 13.0. The van der Waals surface area contributed by atoms with Gasteiger partial charge in [-0.1, -0.05) is 6.92 Å². The highest BCUT2D eigenvalue weighted by Crippen LogP contribution is 2.19. The number of benzene rings is 1. The van der Waals surface area contributed by atoms with E-state index < -0.39 is 0 Å². The van der Waals surface area contributed by atoms with Crippen LogP contribution in [0.5, 0.6) is 0 Å². The standard InChI is InChI=1S/C15H16N4OS/c1-4-11-8-21-15(17-11)18-14(20)10-5-6-13-12(7-10)16-9(2)19(13)3/h5-8H,4H2,1-3H3,(H,17,18,20). The first-order chi connectivity index (χ1) is 10.1. The molecule has 0 aliphatic carbocycles. The molecular weight excluding hydrogens is 284 g/mol. The second-order valence-corrected chi connectivity index (χ2v) is 5.73. The molecule has 0 saturated carbocycles. The molecular formula is C15H16N4OS. The third kappa shape index (κ3) is 2.54. The predicted octanol–water partition coefficient (Wildman–Crippen LogP) is 3.15. The first-order valence-electron chi connectivity index (χ1n) is 6.77. The van der Waals surface area contributed by atoms with Crippen molar-refractivity contribution in [1.82, 2.24) is 14.5 Å². The highest BCUT2D eigenvalue weighted by molar-refractivity contribution is 7.13. The Morgan fingerprint density at radius 3 is 2.90 bits per heavy atom. The van der Waals surface area contributed by atoms with E-state index in [1.54, 1.807) is 0 Å². The number of carbonyl (C=O) groups excluding carboxylic acids is 1. The highest BCUT2D eigenvalue weighted by atomic mass is 32.1. The Morgan fingerprint density at radius 2 is 2.19 bits per heavy atom. The zero-order valence-electron chi connectivity index (χ0n) is 12.2. The molecule has 0 atom stereocenters. The molecule has 0 aliphatic rings. The van der Waals surface area contributed by atoms with Gasteiger partial charge in [-0.3, -0.25) is 10.1 Å². The molecule has 0 saturated heterocycles. The number of carbonyl (C=O) groups is 1. The van der Waals surface area contributed by atoms with E-state index in [0.717, 1.165) is 29.0 Å². The molecule has 0 spiro atoms. The van der Waals surface area contributed by atoms with Crippen molar-refractivity contribution in [2.75, 3.05) is 5.32 Å². The first kappa shape index (κ1) is 13.8. The van der Waals surface area contributed by atoms with Gasteiger partial charge in [0.2, 0.25) is 0 Å². The highest BCUT2D eigenvalue weighted by Gasteiger charge is 2.11. The van der Waals surface area contributed by atoms with E-state index >= 15 is 0 Å². The molecule has 2 aromatic heterocycles. The van der Waals surface area contributed by atoms with Gasteiger partial charge in [0.15, 0.2) is 5.13 Å². The number of imidazole rings is 1. The second-order valence-electron chi connectivity index (χ2n) is 4.87. The van der Waals surface area contributed by atoms with Gasteiger partial charge in [-0.15, -0.1) is 11.3 Å². The zero-order chi connectivity index (χ0) is 15.0. The summed E-state index contributed by atoms with van der Waals surface area (Å²) in [7, 11) is 1.96. The first-order valence-corrected chi connectivity index (χ1v) is 7.65. The summed E-state index contributed by atoms with van der Waals surface area (Å²) in [6.07, 6.45) is 0.867. The van der Waals surface area contributed by atoms with Crippen LogP contribution < -0.4 is 5.32 Å². The Hall–Kier alpha value is -2.21. The van der Waals surface area contributed by atoms with Gasteiger partial charge in [0.1, 0.15) is 5.82 Å². The molecule has 3 aromatic rings. The normalized spacial score (nSPS) is 11.0. The molecule has 5 nitrogen and oxygen atoms in total. The monoisotopic (exact) mass is 300 g/mol. The maximum absolute atomic E-state index is 12.3. The Kier molecular flexibility index (Phi) is 3.47. The Labute approximate surface area is 126 Å². The minimum absolute atomic E-state index is 0.155. The maximum atomic E-state index is 12.3. The summed E-state index contributed by atoms with van der Waals surface area (Å²) in [5, 5.41) is 5.43. The molecule has 0 unspecified atom stereocenters. The lowest BCUT2D eigenvalue weighted by Crippen LogP contribution is -2.11. The van der Waals surface area contributed by atoms with Crippen molar-refractivity contribution in [3.05, 3.63) is 40.7 Å². The van der Waals surface area contributed by atoms with E-state index in [4.69, 9.17) is 0 Å². The van der Waals surface area contributed by atoms with Crippen molar-refractivity contribution in [2.24, 2.45) is 7.05 Å². The number of aryl methyl sites for hydroxylation is 3. The van der Waals surface area contributed by atoms with Gasteiger partial charge in [0, 0.05) is 18.0 Å². The summed E-state index contributed by atoms with van der Waals surface area (Å²) >= 11 is 1.44. The fourth-order valence-corrected chi connectivity index (χ4v) is 2.95. The summed E-state index contributed by atoms with van der Waals surface area (Å²) in [5.41, 5.74) is 3.43. The predicted molar refractivity (Wildman–Crippen MR) is 84.9 cm³/mol. The molecule has 6 heteroatoms. The lowest BCUT2D eigenvalue weighted by atomic mass is 10.2.